The summed E-state index contributed by atoms with van der Waals surface area (Å²) in [6, 6.07) is 14.5. The van der Waals surface area contributed by atoms with E-state index >= 15 is 0 Å². The number of nitrogens with zero attached hydrogens (tertiary/aromatic N) is 1. The fraction of sp³-hybridized carbons (Fsp3) is 0.300. The molecule has 2 aromatic rings. The molecule has 154 valence electrons. The predicted molar refractivity (Wildman–Crippen MR) is 107 cm³/mol. The molecule has 29 heavy (non-hydrogen) atoms. The Kier molecular flexibility index (Phi) is 6.50. The van der Waals surface area contributed by atoms with E-state index in [0.29, 0.717) is 18.8 Å². The molecule has 1 fully saturated rings. The van der Waals surface area contributed by atoms with Gasteiger partial charge in [0, 0.05) is 18.7 Å². The molecule has 0 aliphatic carbocycles. The fourth-order valence-corrected chi connectivity index (χ4v) is 4.42. The van der Waals surface area contributed by atoms with Gasteiger partial charge < -0.3 is 4.74 Å². The Bertz CT molecular complexity index is 955. The third-order valence-electron chi connectivity index (χ3n) is 4.54. The Morgan fingerprint density at radius 2 is 1.59 bits per heavy atom. The van der Waals surface area contributed by atoms with E-state index in [1.54, 1.807) is 31.2 Å². The molecule has 1 saturated heterocycles. The highest BCUT2D eigenvalue weighted by Crippen LogP contribution is 2.21. The second-order valence-electron chi connectivity index (χ2n) is 6.65. The maximum Gasteiger partial charge on any atom is 0.279 e. The first kappa shape index (κ1) is 20.8. The molecule has 0 radical (unpaired) electrons. The summed E-state index contributed by atoms with van der Waals surface area (Å²) in [5, 5.41) is 0. The number of rotatable bonds is 6. The summed E-state index contributed by atoms with van der Waals surface area (Å²) in [5.74, 6) is -0.540. The zero-order chi connectivity index (χ0) is 20.9. The molecule has 8 nitrogen and oxygen atoms in total. The van der Waals surface area contributed by atoms with Crippen LogP contribution in [0.2, 0.25) is 0 Å². The zero-order valence-corrected chi connectivity index (χ0v) is 16.8. The minimum Gasteiger partial charge on any atom is -0.481 e. The molecule has 3 rings (SSSR count). The molecule has 1 aliphatic heterocycles. The van der Waals surface area contributed by atoms with Gasteiger partial charge in [-0.1, -0.05) is 18.2 Å². The quantitative estimate of drug-likeness (QED) is 0.696. The second-order valence-corrected chi connectivity index (χ2v) is 8.59. The van der Waals surface area contributed by atoms with Crippen molar-refractivity contribution in [2.75, 3.05) is 13.1 Å². The van der Waals surface area contributed by atoms with Crippen LogP contribution in [0.25, 0.3) is 0 Å². The number of carbonyl (C=O) groups excluding carboxylic acids is 2. The molecule has 1 heterocycles. The van der Waals surface area contributed by atoms with Crippen LogP contribution in [0.3, 0.4) is 0 Å². The van der Waals surface area contributed by atoms with E-state index in [1.807, 2.05) is 6.07 Å². The first-order valence-electron chi connectivity index (χ1n) is 9.30. The molecule has 0 bridgehead atoms. The lowest BCUT2D eigenvalue weighted by Crippen LogP contribution is -2.47. The molecule has 0 spiro atoms. The van der Waals surface area contributed by atoms with E-state index in [2.05, 4.69) is 10.9 Å². The number of benzene rings is 2. The van der Waals surface area contributed by atoms with E-state index in [-0.39, 0.29) is 10.5 Å². The summed E-state index contributed by atoms with van der Waals surface area (Å²) in [4.78, 5) is 24.4. The zero-order valence-electron chi connectivity index (χ0n) is 16.0. The normalized spacial score (nSPS) is 15.5. The Balaban J connectivity index is 1.54. The van der Waals surface area contributed by atoms with Gasteiger partial charge in [0.15, 0.2) is 6.10 Å². The van der Waals surface area contributed by atoms with Crippen molar-refractivity contribution in [3.8, 4) is 5.75 Å². The molecule has 1 unspecified atom stereocenters. The molecular formula is C20H23N3O5S. The molecule has 9 heteroatoms. The van der Waals surface area contributed by atoms with Crippen molar-refractivity contribution in [2.45, 2.75) is 30.8 Å². The molecule has 1 atom stereocenters. The summed E-state index contributed by atoms with van der Waals surface area (Å²) in [5.41, 5.74) is 4.83. The van der Waals surface area contributed by atoms with Crippen molar-refractivity contribution >= 4 is 21.8 Å². The molecule has 0 aromatic heterocycles. The van der Waals surface area contributed by atoms with E-state index in [1.165, 1.54) is 28.6 Å². The van der Waals surface area contributed by atoms with Crippen molar-refractivity contribution in [3.63, 3.8) is 0 Å². The molecule has 1 aliphatic rings. The van der Waals surface area contributed by atoms with Gasteiger partial charge in [0.05, 0.1) is 4.90 Å². The third kappa shape index (κ3) is 5.12. The molecule has 2 amide bonds. The van der Waals surface area contributed by atoms with Crippen molar-refractivity contribution < 1.29 is 22.7 Å². The largest absolute Gasteiger partial charge is 0.481 e. The van der Waals surface area contributed by atoms with Crippen LogP contribution in [0, 0.1) is 0 Å². The molecular weight excluding hydrogens is 394 g/mol. The van der Waals surface area contributed by atoms with Crippen molar-refractivity contribution in [1.29, 1.82) is 0 Å². The van der Waals surface area contributed by atoms with Crippen LogP contribution in [-0.2, 0) is 14.8 Å². The number of amides is 2. The highest BCUT2D eigenvalue weighted by molar-refractivity contribution is 7.89. The lowest BCUT2D eigenvalue weighted by atomic mass is 10.2. The highest BCUT2D eigenvalue weighted by atomic mass is 32.2. The van der Waals surface area contributed by atoms with Gasteiger partial charge in [-0.3, -0.25) is 20.4 Å². The maximum absolute atomic E-state index is 12.5. The summed E-state index contributed by atoms with van der Waals surface area (Å²) in [6.07, 6.45) is 0.892. The van der Waals surface area contributed by atoms with Crippen LogP contribution >= 0.6 is 0 Å². The molecule has 2 N–H and O–H groups in total. The topological polar surface area (TPSA) is 105 Å². The summed E-state index contributed by atoms with van der Waals surface area (Å²) in [6.45, 7) is 2.59. The number of para-hydroxylation sites is 1. The Morgan fingerprint density at radius 3 is 2.21 bits per heavy atom. The minimum absolute atomic E-state index is 0.143. The van der Waals surface area contributed by atoms with Crippen LogP contribution in [0.1, 0.15) is 30.1 Å². The van der Waals surface area contributed by atoms with Crippen LogP contribution in [0.15, 0.2) is 59.5 Å². The highest BCUT2D eigenvalue weighted by Gasteiger charge is 2.27. The first-order valence-corrected chi connectivity index (χ1v) is 10.7. The van der Waals surface area contributed by atoms with Crippen molar-refractivity contribution in [3.05, 3.63) is 60.2 Å². The van der Waals surface area contributed by atoms with Crippen LogP contribution in [0.5, 0.6) is 5.75 Å². The number of hydrazine groups is 1. The van der Waals surface area contributed by atoms with Crippen LogP contribution < -0.4 is 15.6 Å². The first-order chi connectivity index (χ1) is 13.9. The number of hydrogen-bond donors (Lipinski definition) is 2. The van der Waals surface area contributed by atoms with Crippen molar-refractivity contribution in [1.82, 2.24) is 15.2 Å². The number of ether oxygens (including phenoxy) is 1. The lowest BCUT2D eigenvalue weighted by Gasteiger charge is -2.16. The van der Waals surface area contributed by atoms with Crippen molar-refractivity contribution in [2.24, 2.45) is 0 Å². The van der Waals surface area contributed by atoms with Crippen LogP contribution in [-0.4, -0.2) is 43.7 Å². The monoisotopic (exact) mass is 417 g/mol. The SMILES string of the molecule is CC(Oc1ccccc1)C(=O)NNC(=O)c1ccc(S(=O)(=O)N2CCCC2)cc1. The predicted octanol–water partition coefficient (Wildman–Crippen LogP) is 1.70. The van der Waals surface area contributed by atoms with Gasteiger partial charge in [-0.2, -0.15) is 4.31 Å². The Hall–Kier alpha value is -2.91. The Labute approximate surface area is 169 Å². The molecule has 2 aromatic carbocycles. The number of hydrogen-bond acceptors (Lipinski definition) is 5. The Morgan fingerprint density at radius 1 is 0.966 bits per heavy atom. The maximum atomic E-state index is 12.5. The van der Waals surface area contributed by atoms with Gasteiger partial charge in [0.2, 0.25) is 10.0 Å². The van der Waals surface area contributed by atoms with Gasteiger partial charge in [0.25, 0.3) is 11.8 Å². The number of nitrogens with one attached hydrogen (secondary N) is 2. The summed E-state index contributed by atoms with van der Waals surface area (Å²) < 4.78 is 31.9. The van der Waals surface area contributed by atoms with Gasteiger partial charge >= 0.3 is 0 Å². The van der Waals surface area contributed by atoms with Crippen LogP contribution in [0.4, 0.5) is 0 Å². The summed E-state index contributed by atoms with van der Waals surface area (Å²) >= 11 is 0. The number of carbonyl (C=O) groups is 2. The van der Waals surface area contributed by atoms with Gasteiger partial charge in [-0.05, 0) is 56.2 Å². The number of sulfonamides is 1. The molecule has 0 saturated carbocycles. The van der Waals surface area contributed by atoms with Gasteiger partial charge in [-0.25, -0.2) is 8.42 Å². The van der Waals surface area contributed by atoms with Gasteiger partial charge in [-0.15, -0.1) is 0 Å². The summed E-state index contributed by atoms with van der Waals surface area (Å²) in [7, 11) is -3.53. The average Bonchev–Trinajstić information content (AvgIpc) is 3.28. The lowest BCUT2D eigenvalue weighted by molar-refractivity contribution is -0.128. The smallest absolute Gasteiger partial charge is 0.279 e. The van der Waals surface area contributed by atoms with E-state index in [0.717, 1.165) is 12.8 Å². The van der Waals surface area contributed by atoms with E-state index in [9.17, 15) is 18.0 Å². The van der Waals surface area contributed by atoms with Gasteiger partial charge in [0.1, 0.15) is 5.75 Å². The second kappa shape index (κ2) is 9.06. The fourth-order valence-electron chi connectivity index (χ4n) is 2.90. The third-order valence-corrected chi connectivity index (χ3v) is 6.46. The average molecular weight is 417 g/mol. The minimum atomic E-state index is -3.53. The standard InChI is InChI=1S/C20H23N3O5S/c1-15(28-17-7-3-2-4-8-17)19(24)21-22-20(25)16-9-11-18(12-10-16)29(26,27)23-13-5-6-14-23/h2-4,7-12,15H,5-6,13-14H2,1H3,(H,21,24)(H,22,25). The van der Waals surface area contributed by atoms with E-state index < -0.39 is 27.9 Å². The van der Waals surface area contributed by atoms with E-state index in [4.69, 9.17) is 4.74 Å².